The van der Waals surface area contributed by atoms with Gasteiger partial charge in [-0.3, -0.25) is 0 Å². The summed E-state index contributed by atoms with van der Waals surface area (Å²) in [5.74, 6) is 0.620. The van der Waals surface area contributed by atoms with Crippen molar-refractivity contribution in [3.05, 3.63) is 17.7 Å². The number of rotatable bonds is 2. The monoisotopic (exact) mass is 223 g/mol. The van der Waals surface area contributed by atoms with Crippen LogP contribution in [0.4, 0.5) is 5.69 Å². The highest BCUT2D eigenvalue weighted by Gasteiger charge is 2.20. The Morgan fingerprint density at radius 2 is 2.00 bits per heavy atom. The zero-order valence-electron chi connectivity index (χ0n) is 9.15. The minimum absolute atomic E-state index is 0.150. The summed E-state index contributed by atoms with van der Waals surface area (Å²) in [6, 6.07) is 3.11. The minimum Gasteiger partial charge on any atom is -0.459 e. The molecule has 0 amide bonds. The summed E-state index contributed by atoms with van der Waals surface area (Å²) in [5.41, 5.74) is 6.37. The number of nitrogen functional groups attached to an aromatic ring is 1. The van der Waals surface area contributed by atoms with Crippen LogP contribution < -0.4 is 15.2 Å². The third-order valence-electron chi connectivity index (χ3n) is 2.11. The zero-order chi connectivity index (χ0) is 11.7. The Hall–Kier alpha value is -1.91. The normalized spacial score (nSPS) is 12.9. The number of ether oxygens (including phenoxy) is 3. The smallest absolute Gasteiger partial charge is 0.340 e. The van der Waals surface area contributed by atoms with Crippen molar-refractivity contribution in [3.8, 4) is 11.5 Å². The van der Waals surface area contributed by atoms with Gasteiger partial charge in [-0.15, -0.1) is 0 Å². The number of hydrogen-bond donors (Lipinski definition) is 1. The minimum atomic E-state index is -0.453. The average molecular weight is 223 g/mol. The first kappa shape index (κ1) is 10.6. The van der Waals surface area contributed by atoms with Crippen molar-refractivity contribution < 1.29 is 19.0 Å². The molecule has 0 spiro atoms. The lowest BCUT2D eigenvalue weighted by Gasteiger charge is -2.10. The fourth-order valence-electron chi connectivity index (χ4n) is 1.41. The summed E-state index contributed by atoms with van der Waals surface area (Å²) < 4.78 is 15.4. The number of carbonyl (C=O) groups is 1. The largest absolute Gasteiger partial charge is 0.459 e. The van der Waals surface area contributed by atoms with Gasteiger partial charge in [0.15, 0.2) is 11.5 Å². The number of anilines is 1. The van der Waals surface area contributed by atoms with Gasteiger partial charge >= 0.3 is 5.97 Å². The number of esters is 1. The first-order valence-corrected chi connectivity index (χ1v) is 4.98. The first-order chi connectivity index (χ1) is 7.58. The van der Waals surface area contributed by atoms with Gasteiger partial charge < -0.3 is 19.9 Å². The Morgan fingerprint density at radius 3 is 2.62 bits per heavy atom. The van der Waals surface area contributed by atoms with Gasteiger partial charge in [0.25, 0.3) is 0 Å². The van der Waals surface area contributed by atoms with E-state index in [0.29, 0.717) is 22.7 Å². The fourth-order valence-corrected chi connectivity index (χ4v) is 1.41. The van der Waals surface area contributed by atoms with Crippen molar-refractivity contribution in [1.82, 2.24) is 0 Å². The molecule has 0 atom stereocenters. The van der Waals surface area contributed by atoms with Gasteiger partial charge in [0.1, 0.15) is 0 Å². The zero-order valence-corrected chi connectivity index (χ0v) is 9.15. The van der Waals surface area contributed by atoms with Crippen LogP contribution in [0.2, 0.25) is 0 Å². The maximum atomic E-state index is 11.7. The summed E-state index contributed by atoms with van der Waals surface area (Å²) in [7, 11) is 0. The Kier molecular flexibility index (Phi) is 2.60. The second-order valence-corrected chi connectivity index (χ2v) is 3.75. The topological polar surface area (TPSA) is 70.8 Å². The molecule has 16 heavy (non-hydrogen) atoms. The van der Waals surface area contributed by atoms with Crippen LogP contribution in [-0.2, 0) is 4.74 Å². The number of fused-ring (bicyclic) bond motifs is 1. The van der Waals surface area contributed by atoms with E-state index in [-0.39, 0.29) is 12.9 Å². The van der Waals surface area contributed by atoms with Crippen LogP contribution in [0.5, 0.6) is 11.5 Å². The Bertz CT molecular complexity index is 428. The van der Waals surface area contributed by atoms with Crippen LogP contribution in [0.25, 0.3) is 0 Å². The average Bonchev–Trinajstić information content (AvgIpc) is 2.61. The van der Waals surface area contributed by atoms with E-state index in [4.69, 9.17) is 19.9 Å². The molecular formula is C11H13NO4. The molecule has 1 aliphatic rings. The van der Waals surface area contributed by atoms with Gasteiger partial charge in [0.05, 0.1) is 17.4 Å². The molecule has 0 fully saturated rings. The highest BCUT2D eigenvalue weighted by Crippen LogP contribution is 2.36. The van der Waals surface area contributed by atoms with Gasteiger partial charge in [-0.25, -0.2) is 4.79 Å². The number of carbonyl (C=O) groups excluding carboxylic acids is 1. The molecule has 0 saturated carbocycles. The summed E-state index contributed by atoms with van der Waals surface area (Å²) in [6.07, 6.45) is -0.183. The molecule has 5 nitrogen and oxygen atoms in total. The molecule has 5 heteroatoms. The molecule has 86 valence electrons. The van der Waals surface area contributed by atoms with Crippen LogP contribution in [0, 0.1) is 0 Å². The van der Waals surface area contributed by atoms with Gasteiger partial charge in [-0.05, 0) is 13.8 Å². The SMILES string of the molecule is CC(C)OC(=O)c1cc2c(cc1N)OCO2. The highest BCUT2D eigenvalue weighted by atomic mass is 16.7. The van der Waals surface area contributed by atoms with E-state index in [1.54, 1.807) is 26.0 Å². The number of hydrogen-bond acceptors (Lipinski definition) is 5. The molecule has 2 rings (SSSR count). The van der Waals surface area contributed by atoms with Gasteiger partial charge in [0.2, 0.25) is 6.79 Å². The van der Waals surface area contributed by atoms with E-state index in [9.17, 15) is 4.79 Å². The summed E-state index contributed by atoms with van der Waals surface area (Å²) in [5, 5.41) is 0. The Balaban J connectivity index is 2.31. The lowest BCUT2D eigenvalue weighted by molar-refractivity contribution is 0.0379. The lowest BCUT2D eigenvalue weighted by Crippen LogP contribution is -2.13. The maximum Gasteiger partial charge on any atom is 0.340 e. The third kappa shape index (κ3) is 1.88. The first-order valence-electron chi connectivity index (χ1n) is 4.98. The van der Waals surface area contributed by atoms with Crippen molar-refractivity contribution in [2.24, 2.45) is 0 Å². The fraction of sp³-hybridized carbons (Fsp3) is 0.364. The molecule has 2 N–H and O–H groups in total. The van der Waals surface area contributed by atoms with Crippen LogP contribution in [0.1, 0.15) is 24.2 Å². The predicted molar refractivity (Wildman–Crippen MR) is 57.5 cm³/mol. The molecule has 0 radical (unpaired) electrons. The Morgan fingerprint density at radius 1 is 1.38 bits per heavy atom. The van der Waals surface area contributed by atoms with Gasteiger partial charge in [0, 0.05) is 12.1 Å². The predicted octanol–water partition coefficient (Wildman–Crippen LogP) is 1.56. The van der Waals surface area contributed by atoms with E-state index in [2.05, 4.69) is 0 Å². The second-order valence-electron chi connectivity index (χ2n) is 3.75. The third-order valence-corrected chi connectivity index (χ3v) is 2.11. The van der Waals surface area contributed by atoms with Crippen LogP contribution in [0.15, 0.2) is 12.1 Å². The summed E-state index contributed by atoms with van der Waals surface area (Å²) >= 11 is 0. The highest BCUT2D eigenvalue weighted by molar-refractivity contribution is 5.96. The van der Waals surface area contributed by atoms with Crippen molar-refractivity contribution in [2.75, 3.05) is 12.5 Å². The molecule has 0 aromatic heterocycles. The summed E-state index contributed by atoms with van der Waals surface area (Å²) in [4.78, 5) is 11.7. The lowest BCUT2D eigenvalue weighted by atomic mass is 10.1. The van der Waals surface area contributed by atoms with Crippen molar-refractivity contribution in [1.29, 1.82) is 0 Å². The molecule has 1 aromatic rings. The summed E-state index contributed by atoms with van der Waals surface area (Å²) in [6.45, 7) is 3.71. The molecule has 1 heterocycles. The van der Waals surface area contributed by atoms with Crippen molar-refractivity contribution in [3.63, 3.8) is 0 Å². The van der Waals surface area contributed by atoms with E-state index < -0.39 is 5.97 Å². The molecular weight excluding hydrogens is 210 g/mol. The number of benzene rings is 1. The molecule has 0 aliphatic carbocycles. The van der Waals surface area contributed by atoms with Crippen molar-refractivity contribution in [2.45, 2.75) is 20.0 Å². The van der Waals surface area contributed by atoms with E-state index in [0.717, 1.165) is 0 Å². The molecule has 0 unspecified atom stereocenters. The number of nitrogens with two attached hydrogens (primary N) is 1. The van der Waals surface area contributed by atoms with Gasteiger partial charge in [-0.1, -0.05) is 0 Å². The van der Waals surface area contributed by atoms with E-state index in [1.165, 1.54) is 0 Å². The second kappa shape index (κ2) is 3.92. The van der Waals surface area contributed by atoms with Crippen molar-refractivity contribution >= 4 is 11.7 Å². The molecule has 0 saturated heterocycles. The molecule has 0 bridgehead atoms. The quantitative estimate of drug-likeness (QED) is 0.608. The Labute approximate surface area is 93.1 Å². The molecule has 1 aliphatic heterocycles. The van der Waals surface area contributed by atoms with Crippen LogP contribution >= 0.6 is 0 Å². The van der Waals surface area contributed by atoms with E-state index in [1.807, 2.05) is 0 Å². The maximum absolute atomic E-state index is 11.7. The van der Waals surface area contributed by atoms with E-state index >= 15 is 0 Å². The molecule has 1 aromatic carbocycles. The van der Waals surface area contributed by atoms with Crippen LogP contribution in [0.3, 0.4) is 0 Å². The van der Waals surface area contributed by atoms with Crippen LogP contribution in [-0.4, -0.2) is 18.9 Å². The standard InChI is InChI=1S/C11H13NO4/c1-6(2)16-11(13)7-3-9-10(4-8(7)12)15-5-14-9/h3-4,6H,5,12H2,1-2H3. The van der Waals surface area contributed by atoms with Gasteiger partial charge in [-0.2, -0.15) is 0 Å².